The molecule has 6 nitrogen and oxygen atoms in total. The van der Waals surface area contributed by atoms with Crippen LogP contribution in [-0.2, 0) is 13.1 Å². The van der Waals surface area contributed by atoms with E-state index < -0.39 is 5.92 Å². The van der Waals surface area contributed by atoms with Gasteiger partial charge in [0.1, 0.15) is 12.5 Å². The lowest BCUT2D eigenvalue weighted by Crippen LogP contribution is -2.35. The molecule has 1 saturated carbocycles. The van der Waals surface area contributed by atoms with E-state index in [9.17, 15) is 13.2 Å². The topological polar surface area (TPSA) is 58.9 Å². The minimum Gasteiger partial charge on any atom is -0.370 e. The van der Waals surface area contributed by atoms with Crippen LogP contribution >= 0.6 is 0 Å². The number of alkyl halides is 3. The predicted octanol–water partition coefficient (Wildman–Crippen LogP) is 4.52. The highest BCUT2D eigenvalue weighted by atomic mass is 19.3. The van der Waals surface area contributed by atoms with E-state index in [0.717, 1.165) is 40.9 Å². The summed E-state index contributed by atoms with van der Waals surface area (Å²) < 4.78 is 41.5. The van der Waals surface area contributed by atoms with Gasteiger partial charge in [-0.1, -0.05) is 0 Å². The Hall–Kier alpha value is -2.68. The van der Waals surface area contributed by atoms with Gasteiger partial charge < -0.3 is 5.32 Å². The summed E-state index contributed by atoms with van der Waals surface area (Å²) in [6.07, 6.45) is 4.61. The average Bonchev–Trinajstić information content (AvgIpc) is 3.21. The van der Waals surface area contributed by atoms with Crippen molar-refractivity contribution in [2.45, 2.75) is 44.7 Å². The van der Waals surface area contributed by atoms with Gasteiger partial charge in [0.15, 0.2) is 0 Å². The molecular weight excluding hydrogens is 417 g/mol. The molecule has 0 radical (unpaired) electrons. The van der Waals surface area contributed by atoms with Crippen LogP contribution in [0.1, 0.15) is 31.4 Å². The fourth-order valence-corrected chi connectivity index (χ4v) is 4.64. The zero-order valence-corrected chi connectivity index (χ0v) is 17.9. The molecule has 0 amide bonds. The monoisotopic (exact) mass is 444 g/mol. The van der Waals surface area contributed by atoms with E-state index in [4.69, 9.17) is 4.98 Å². The zero-order chi connectivity index (χ0) is 22.1. The second-order valence-electron chi connectivity index (χ2n) is 8.83. The molecule has 32 heavy (non-hydrogen) atoms. The summed E-state index contributed by atoms with van der Waals surface area (Å²) >= 11 is 0. The summed E-state index contributed by atoms with van der Waals surface area (Å²) in [4.78, 5) is 11.4. The van der Waals surface area contributed by atoms with E-state index >= 15 is 0 Å². The van der Waals surface area contributed by atoms with Crippen LogP contribution in [-0.4, -0.2) is 56.9 Å². The summed E-state index contributed by atoms with van der Waals surface area (Å²) in [5, 5.41) is 8.73. The molecule has 3 aromatic heterocycles. The smallest absolute Gasteiger partial charge is 0.248 e. The third-order valence-electron chi connectivity index (χ3n) is 6.61. The van der Waals surface area contributed by atoms with Gasteiger partial charge in [-0.15, -0.1) is 0 Å². The minimum absolute atomic E-state index is 0.0335. The Kier molecular flexibility index (Phi) is 5.75. The zero-order valence-electron chi connectivity index (χ0n) is 17.9. The Bertz CT molecular complexity index is 1090. The maximum absolute atomic E-state index is 13.4. The van der Waals surface area contributed by atoms with Gasteiger partial charge in [0, 0.05) is 62.2 Å². The van der Waals surface area contributed by atoms with Crippen LogP contribution in [0, 0.1) is 5.92 Å². The summed E-state index contributed by atoms with van der Waals surface area (Å²) in [6.45, 7) is 2.90. The van der Waals surface area contributed by atoms with E-state index in [2.05, 4.69) is 20.3 Å². The Labute approximate surface area is 184 Å². The number of nitrogens with zero attached hydrogens (tertiary/aromatic N) is 5. The van der Waals surface area contributed by atoms with E-state index in [0.29, 0.717) is 38.3 Å². The molecule has 0 unspecified atom stereocenters. The third-order valence-corrected chi connectivity index (χ3v) is 6.61. The SMILES string of the molecule is FCCN1CCn2ncc(-c3ccc4cnc(NCC5CCC(F)(F)CC5)cc4n3)c2C1. The molecule has 3 aromatic rings. The van der Waals surface area contributed by atoms with Crippen molar-refractivity contribution in [1.82, 2.24) is 24.6 Å². The van der Waals surface area contributed by atoms with Crippen molar-refractivity contribution in [3.8, 4) is 11.3 Å². The average molecular weight is 445 g/mol. The number of hydrogen-bond donors (Lipinski definition) is 1. The van der Waals surface area contributed by atoms with Crippen molar-refractivity contribution in [2.75, 3.05) is 31.6 Å². The van der Waals surface area contributed by atoms with E-state index in [-0.39, 0.29) is 25.4 Å². The number of halogens is 3. The van der Waals surface area contributed by atoms with E-state index in [1.165, 1.54) is 0 Å². The van der Waals surface area contributed by atoms with Gasteiger partial charge in [-0.2, -0.15) is 5.10 Å². The molecule has 0 atom stereocenters. The standard InChI is InChI=1S/C23H27F3N6/c24-7-8-31-9-10-32-21(15-31)18(14-29-32)19-2-1-17-13-28-22(11-20(17)30-19)27-12-16-3-5-23(25,26)6-4-16/h1-2,11,13-14,16H,3-10,12,15H2,(H,27,28). The van der Waals surface area contributed by atoms with Crippen molar-refractivity contribution in [3.63, 3.8) is 0 Å². The number of aromatic nitrogens is 4. The van der Waals surface area contributed by atoms with Crippen molar-refractivity contribution in [3.05, 3.63) is 36.3 Å². The van der Waals surface area contributed by atoms with Crippen LogP contribution in [0.2, 0.25) is 0 Å². The molecule has 0 saturated heterocycles. The van der Waals surface area contributed by atoms with Crippen LogP contribution < -0.4 is 5.32 Å². The highest BCUT2D eigenvalue weighted by Crippen LogP contribution is 2.36. The molecule has 1 aliphatic heterocycles. The molecule has 4 heterocycles. The first-order chi connectivity index (χ1) is 15.5. The molecule has 5 rings (SSSR count). The second-order valence-corrected chi connectivity index (χ2v) is 8.83. The van der Waals surface area contributed by atoms with Gasteiger partial charge in [-0.25, -0.2) is 23.1 Å². The molecule has 1 fully saturated rings. The minimum atomic E-state index is -2.51. The number of pyridine rings is 2. The quantitative estimate of drug-likeness (QED) is 0.606. The Morgan fingerprint density at radius 2 is 1.97 bits per heavy atom. The predicted molar refractivity (Wildman–Crippen MR) is 117 cm³/mol. The van der Waals surface area contributed by atoms with Gasteiger partial charge in [0.25, 0.3) is 0 Å². The van der Waals surface area contributed by atoms with Crippen molar-refractivity contribution in [1.29, 1.82) is 0 Å². The van der Waals surface area contributed by atoms with Crippen molar-refractivity contribution in [2.24, 2.45) is 5.92 Å². The summed E-state index contributed by atoms with van der Waals surface area (Å²) in [6, 6.07) is 5.86. The maximum atomic E-state index is 13.4. The summed E-state index contributed by atoms with van der Waals surface area (Å²) in [5.41, 5.74) is 3.65. The number of nitrogens with one attached hydrogen (secondary N) is 1. The molecule has 1 N–H and O–H groups in total. The fourth-order valence-electron chi connectivity index (χ4n) is 4.64. The van der Waals surface area contributed by atoms with Crippen LogP contribution in [0.4, 0.5) is 19.0 Å². The van der Waals surface area contributed by atoms with Crippen LogP contribution in [0.3, 0.4) is 0 Å². The third kappa shape index (κ3) is 4.44. The Morgan fingerprint density at radius 1 is 1.12 bits per heavy atom. The van der Waals surface area contributed by atoms with Crippen LogP contribution in [0.5, 0.6) is 0 Å². The number of rotatable bonds is 6. The Morgan fingerprint density at radius 3 is 2.78 bits per heavy atom. The first kappa shape index (κ1) is 21.2. The number of fused-ring (bicyclic) bond motifs is 2. The summed E-state index contributed by atoms with van der Waals surface area (Å²) in [5.74, 6) is -1.57. The van der Waals surface area contributed by atoms with Gasteiger partial charge >= 0.3 is 0 Å². The lowest BCUT2D eigenvalue weighted by Gasteiger charge is -2.28. The molecular formula is C23H27F3N6. The van der Waals surface area contributed by atoms with Gasteiger partial charge in [0.05, 0.1) is 29.6 Å². The van der Waals surface area contributed by atoms with Crippen LogP contribution in [0.15, 0.2) is 30.6 Å². The van der Waals surface area contributed by atoms with Gasteiger partial charge in [-0.3, -0.25) is 9.58 Å². The largest absolute Gasteiger partial charge is 0.370 e. The summed E-state index contributed by atoms with van der Waals surface area (Å²) in [7, 11) is 0. The lowest BCUT2D eigenvalue weighted by atomic mass is 9.87. The molecule has 0 spiro atoms. The highest BCUT2D eigenvalue weighted by Gasteiger charge is 2.34. The Balaban J connectivity index is 1.33. The van der Waals surface area contributed by atoms with Gasteiger partial charge in [-0.05, 0) is 30.9 Å². The van der Waals surface area contributed by atoms with E-state index in [1.807, 2.05) is 29.1 Å². The lowest BCUT2D eigenvalue weighted by molar-refractivity contribution is -0.0443. The fraction of sp³-hybridized carbons (Fsp3) is 0.522. The van der Waals surface area contributed by atoms with Crippen LogP contribution in [0.25, 0.3) is 22.2 Å². The second kappa shape index (κ2) is 8.69. The normalized spacial score (nSPS) is 19.2. The molecule has 2 aliphatic rings. The molecule has 170 valence electrons. The number of anilines is 1. The molecule has 0 bridgehead atoms. The number of hydrogen-bond acceptors (Lipinski definition) is 5. The van der Waals surface area contributed by atoms with Crippen molar-refractivity contribution >= 4 is 16.7 Å². The maximum Gasteiger partial charge on any atom is 0.248 e. The van der Waals surface area contributed by atoms with E-state index in [1.54, 1.807) is 6.20 Å². The highest BCUT2D eigenvalue weighted by molar-refractivity contribution is 5.83. The van der Waals surface area contributed by atoms with Crippen molar-refractivity contribution < 1.29 is 13.2 Å². The molecule has 0 aromatic carbocycles. The van der Waals surface area contributed by atoms with Gasteiger partial charge in [0.2, 0.25) is 5.92 Å². The first-order valence-corrected chi connectivity index (χ1v) is 11.2. The molecule has 1 aliphatic carbocycles. The molecule has 9 heteroatoms. The first-order valence-electron chi connectivity index (χ1n) is 11.2.